The molecular formula is C8H8N2S. The van der Waals surface area contributed by atoms with Crippen molar-refractivity contribution >= 4 is 22.4 Å². The van der Waals surface area contributed by atoms with Gasteiger partial charge in [0.1, 0.15) is 0 Å². The summed E-state index contributed by atoms with van der Waals surface area (Å²) in [6.45, 7) is 5.73. The average Bonchev–Trinajstić information content (AvgIpc) is 2.46. The second-order valence-electron chi connectivity index (χ2n) is 2.34. The fourth-order valence-corrected chi connectivity index (χ4v) is 1.92. The first-order chi connectivity index (χ1) is 5.33. The lowest BCUT2D eigenvalue weighted by Crippen LogP contribution is -1.80. The molecule has 0 aromatic carbocycles. The smallest absolute Gasteiger partial charge is 0.194 e. The Morgan fingerprint density at radius 2 is 2.55 bits per heavy atom. The molecule has 0 bridgehead atoms. The van der Waals surface area contributed by atoms with Crippen molar-refractivity contribution in [1.82, 2.24) is 9.38 Å². The Labute approximate surface area is 68.8 Å². The topological polar surface area (TPSA) is 17.3 Å². The van der Waals surface area contributed by atoms with Crippen molar-refractivity contribution in [2.24, 2.45) is 0 Å². The fourth-order valence-electron chi connectivity index (χ4n) is 1.16. The largest absolute Gasteiger partial charge is 0.291 e. The molecule has 2 aromatic rings. The molecule has 0 aliphatic carbocycles. The zero-order valence-electron chi connectivity index (χ0n) is 6.24. The third kappa shape index (κ3) is 0.811. The third-order valence-electron chi connectivity index (χ3n) is 1.68. The van der Waals surface area contributed by atoms with E-state index in [9.17, 15) is 0 Å². The first-order valence-electron chi connectivity index (χ1n) is 3.37. The summed E-state index contributed by atoms with van der Waals surface area (Å²) in [7, 11) is 0. The standard InChI is InChI=1S/C8H8N2S/c1-3-7-6(2)9-8-10(7)4-5-11-8/h3-5H,1H2,2H3. The Morgan fingerprint density at radius 3 is 3.27 bits per heavy atom. The summed E-state index contributed by atoms with van der Waals surface area (Å²) < 4.78 is 2.05. The van der Waals surface area contributed by atoms with Crippen molar-refractivity contribution in [3.63, 3.8) is 0 Å². The summed E-state index contributed by atoms with van der Waals surface area (Å²) >= 11 is 1.64. The second kappa shape index (κ2) is 2.20. The van der Waals surface area contributed by atoms with Gasteiger partial charge in [-0.05, 0) is 13.0 Å². The van der Waals surface area contributed by atoms with Gasteiger partial charge < -0.3 is 0 Å². The number of nitrogens with zero attached hydrogens (tertiary/aromatic N) is 2. The molecule has 2 rings (SSSR count). The van der Waals surface area contributed by atoms with Crippen LogP contribution in [0.25, 0.3) is 11.0 Å². The van der Waals surface area contributed by atoms with E-state index in [0.717, 1.165) is 16.3 Å². The van der Waals surface area contributed by atoms with Crippen molar-refractivity contribution in [2.75, 3.05) is 0 Å². The van der Waals surface area contributed by atoms with E-state index in [4.69, 9.17) is 0 Å². The maximum Gasteiger partial charge on any atom is 0.194 e. The molecule has 0 fully saturated rings. The molecule has 2 nitrogen and oxygen atoms in total. The van der Waals surface area contributed by atoms with Crippen molar-refractivity contribution in [2.45, 2.75) is 6.92 Å². The van der Waals surface area contributed by atoms with Gasteiger partial charge >= 0.3 is 0 Å². The Bertz CT molecular complexity index is 397. The van der Waals surface area contributed by atoms with E-state index < -0.39 is 0 Å². The number of imidazole rings is 1. The fraction of sp³-hybridized carbons (Fsp3) is 0.125. The molecule has 0 N–H and O–H groups in total. The van der Waals surface area contributed by atoms with Gasteiger partial charge in [0.15, 0.2) is 4.96 Å². The summed E-state index contributed by atoms with van der Waals surface area (Å²) in [5.74, 6) is 0. The van der Waals surface area contributed by atoms with Crippen molar-refractivity contribution in [3.8, 4) is 0 Å². The molecule has 2 aromatic heterocycles. The van der Waals surface area contributed by atoms with Crippen molar-refractivity contribution < 1.29 is 0 Å². The lowest BCUT2D eigenvalue weighted by Gasteiger charge is -1.88. The predicted molar refractivity (Wildman–Crippen MR) is 47.9 cm³/mol. The van der Waals surface area contributed by atoms with Gasteiger partial charge in [-0.1, -0.05) is 6.58 Å². The van der Waals surface area contributed by atoms with Crippen LogP contribution in [0.1, 0.15) is 11.4 Å². The molecule has 0 unspecified atom stereocenters. The van der Waals surface area contributed by atoms with Crippen LogP contribution in [-0.2, 0) is 0 Å². The number of fused-ring (bicyclic) bond motifs is 1. The third-order valence-corrected chi connectivity index (χ3v) is 2.43. The summed E-state index contributed by atoms with van der Waals surface area (Å²) in [6, 6.07) is 0. The summed E-state index contributed by atoms with van der Waals surface area (Å²) in [4.78, 5) is 5.39. The maximum atomic E-state index is 4.35. The Balaban J connectivity index is 2.90. The van der Waals surface area contributed by atoms with E-state index in [0.29, 0.717) is 0 Å². The highest BCUT2D eigenvalue weighted by Crippen LogP contribution is 2.16. The Kier molecular flexibility index (Phi) is 1.32. The van der Waals surface area contributed by atoms with Gasteiger partial charge in [0.25, 0.3) is 0 Å². The van der Waals surface area contributed by atoms with Crippen LogP contribution < -0.4 is 0 Å². The van der Waals surface area contributed by atoms with Gasteiger partial charge in [0.05, 0.1) is 11.4 Å². The summed E-state index contributed by atoms with van der Waals surface area (Å²) in [5, 5.41) is 2.02. The number of hydrogen-bond acceptors (Lipinski definition) is 2. The SMILES string of the molecule is C=Cc1c(C)nc2sccn12. The number of hydrogen-bond donors (Lipinski definition) is 0. The predicted octanol–water partition coefficient (Wildman–Crippen LogP) is 2.35. The monoisotopic (exact) mass is 164 g/mol. The average molecular weight is 164 g/mol. The molecule has 0 spiro atoms. The summed E-state index contributed by atoms with van der Waals surface area (Å²) in [6.07, 6.45) is 3.85. The zero-order chi connectivity index (χ0) is 7.84. The molecule has 0 atom stereocenters. The van der Waals surface area contributed by atoms with Crippen LogP contribution >= 0.6 is 11.3 Å². The first kappa shape index (κ1) is 6.61. The van der Waals surface area contributed by atoms with Crippen LogP contribution in [0, 0.1) is 6.92 Å². The van der Waals surface area contributed by atoms with Crippen LogP contribution in [0.2, 0.25) is 0 Å². The minimum Gasteiger partial charge on any atom is -0.291 e. The molecule has 0 radical (unpaired) electrons. The van der Waals surface area contributed by atoms with Gasteiger partial charge in [0.2, 0.25) is 0 Å². The first-order valence-corrected chi connectivity index (χ1v) is 4.25. The maximum absolute atomic E-state index is 4.35. The molecule has 0 aliphatic rings. The normalized spacial score (nSPS) is 10.6. The van der Waals surface area contributed by atoms with Gasteiger partial charge in [-0.15, -0.1) is 11.3 Å². The molecule has 0 saturated heterocycles. The second-order valence-corrected chi connectivity index (χ2v) is 3.22. The van der Waals surface area contributed by atoms with Crippen LogP contribution in [0.4, 0.5) is 0 Å². The molecule has 2 heterocycles. The number of aryl methyl sites for hydroxylation is 1. The number of thiazole rings is 1. The lowest BCUT2D eigenvalue weighted by atomic mass is 10.3. The van der Waals surface area contributed by atoms with Gasteiger partial charge in [-0.3, -0.25) is 4.40 Å². The minimum absolute atomic E-state index is 1.04. The highest BCUT2D eigenvalue weighted by atomic mass is 32.1. The van der Waals surface area contributed by atoms with Crippen LogP contribution in [0.3, 0.4) is 0 Å². The van der Waals surface area contributed by atoms with Gasteiger partial charge in [-0.2, -0.15) is 0 Å². The van der Waals surface area contributed by atoms with E-state index in [1.54, 1.807) is 11.3 Å². The Morgan fingerprint density at radius 1 is 1.73 bits per heavy atom. The quantitative estimate of drug-likeness (QED) is 0.632. The minimum atomic E-state index is 1.04. The Hall–Kier alpha value is -1.09. The number of aromatic nitrogens is 2. The van der Waals surface area contributed by atoms with Crippen LogP contribution in [0.15, 0.2) is 18.2 Å². The van der Waals surface area contributed by atoms with Crippen LogP contribution in [-0.4, -0.2) is 9.38 Å². The van der Waals surface area contributed by atoms with Crippen molar-refractivity contribution in [3.05, 3.63) is 29.5 Å². The molecule has 11 heavy (non-hydrogen) atoms. The van der Waals surface area contributed by atoms with E-state index in [-0.39, 0.29) is 0 Å². The molecule has 0 saturated carbocycles. The highest BCUT2D eigenvalue weighted by Gasteiger charge is 2.04. The van der Waals surface area contributed by atoms with Gasteiger partial charge in [-0.25, -0.2) is 4.98 Å². The highest BCUT2D eigenvalue weighted by molar-refractivity contribution is 7.15. The van der Waals surface area contributed by atoms with E-state index >= 15 is 0 Å². The molecule has 0 aliphatic heterocycles. The van der Waals surface area contributed by atoms with E-state index in [1.807, 2.05) is 29.0 Å². The molecule has 56 valence electrons. The summed E-state index contributed by atoms with van der Waals surface area (Å²) in [5.41, 5.74) is 2.15. The lowest BCUT2D eigenvalue weighted by molar-refractivity contribution is 1.19. The van der Waals surface area contributed by atoms with E-state index in [1.165, 1.54) is 0 Å². The zero-order valence-corrected chi connectivity index (χ0v) is 7.06. The van der Waals surface area contributed by atoms with Crippen molar-refractivity contribution in [1.29, 1.82) is 0 Å². The van der Waals surface area contributed by atoms with Crippen LogP contribution in [0.5, 0.6) is 0 Å². The number of rotatable bonds is 1. The van der Waals surface area contributed by atoms with E-state index in [2.05, 4.69) is 11.6 Å². The van der Waals surface area contributed by atoms with Gasteiger partial charge in [0, 0.05) is 11.6 Å². The molecular weight excluding hydrogens is 156 g/mol. The molecule has 3 heteroatoms. The molecule has 0 amide bonds.